The van der Waals surface area contributed by atoms with Gasteiger partial charge in [0.1, 0.15) is 6.07 Å². The van der Waals surface area contributed by atoms with E-state index in [0.29, 0.717) is 29.6 Å². The molecule has 4 nitrogen and oxygen atoms in total. The molecule has 0 amide bonds. The molecule has 0 N–H and O–H groups in total. The fourth-order valence-corrected chi connectivity index (χ4v) is 7.28. The summed E-state index contributed by atoms with van der Waals surface area (Å²) in [4.78, 5) is 0. The van der Waals surface area contributed by atoms with Crippen LogP contribution in [0.5, 0.6) is 0 Å². The first-order chi connectivity index (χ1) is 15.5. The lowest BCUT2D eigenvalue weighted by Crippen LogP contribution is -2.31. The van der Waals surface area contributed by atoms with Crippen molar-refractivity contribution in [3.8, 4) is 6.07 Å². The third-order valence-corrected chi connectivity index (χ3v) is 9.32. The second-order valence-electron chi connectivity index (χ2n) is 9.35. The highest BCUT2D eigenvalue weighted by molar-refractivity contribution is 7.88. The Hall–Kier alpha value is -1.87. The van der Waals surface area contributed by atoms with E-state index in [1.54, 1.807) is 4.31 Å². The predicted octanol–water partition coefficient (Wildman–Crippen LogP) is 6.12. The fourth-order valence-electron chi connectivity index (χ4n) is 5.45. The molecule has 2 atom stereocenters. The van der Waals surface area contributed by atoms with Crippen LogP contribution in [-0.4, -0.2) is 25.8 Å². The van der Waals surface area contributed by atoms with E-state index in [2.05, 4.69) is 6.07 Å². The van der Waals surface area contributed by atoms with Gasteiger partial charge in [-0.1, -0.05) is 80.1 Å². The zero-order valence-corrected chi connectivity index (χ0v) is 20.0. The first-order valence-electron chi connectivity index (χ1n) is 11.7. The van der Waals surface area contributed by atoms with Crippen LogP contribution in [0.3, 0.4) is 0 Å². The van der Waals surface area contributed by atoms with Crippen LogP contribution in [-0.2, 0) is 15.8 Å². The summed E-state index contributed by atoms with van der Waals surface area (Å²) in [6.45, 7) is 1.13. The summed E-state index contributed by atoms with van der Waals surface area (Å²) in [5.41, 5.74) is 2.46. The van der Waals surface area contributed by atoms with E-state index in [1.807, 2.05) is 48.5 Å². The Morgan fingerprint density at radius 1 is 1.06 bits per heavy atom. The third-order valence-electron chi connectivity index (χ3n) is 7.20. The van der Waals surface area contributed by atoms with Gasteiger partial charge < -0.3 is 0 Å². The van der Waals surface area contributed by atoms with Gasteiger partial charge in [0.05, 0.1) is 16.3 Å². The number of sulfonamides is 1. The van der Waals surface area contributed by atoms with Gasteiger partial charge in [-0.3, -0.25) is 0 Å². The average Bonchev–Trinajstić information content (AvgIpc) is 3.30. The summed E-state index contributed by atoms with van der Waals surface area (Å²) >= 11 is 6.39. The zero-order valence-electron chi connectivity index (χ0n) is 18.4. The number of rotatable bonds is 7. The molecule has 2 aromatic rings. The minimum atomic E-state index is -3.35. The van der Waals surface area contributed by atoms with Crippen LogP contribution < -0.4 is 0 Å². The Morgan fingerprint density at radius 3 is 2.50 bits per heavy atom. The van der Waals surface area contributed by atoms with E-state index in [-0.39, 0.29) is 17.6 Å². The topological polar surface area (TPSA) is 61.2 Å². The quantitative estimate of drug-likeness (QED) is 0.489. The van der Waals surface area contributed by atoms with Crippen LogP contribution in [0.15, 0.2) is 48.5 Å². The number of nitriles is 1. The van der Waals surface area contributed by atoms with Crippen molar-refractivity contribution in [2.45, 2.75) is 56.6 Å². The molecule has 1 saturated carbocycles. The van der Waals surface area contributed by atoms with Gasteiger partial charge in [-0.05, 0) is 53.9 Å². The monoisotopic (exact) mass is 470 g/mol. The van der Waals surface area contributed by atoms with E-state index < -0.39 is 10.0 Å². The maximum Gasteiger partial charge on any atom is 0.218 e. The summed E-state index contributed by atoms with van der Waals surface area (Å²) in [6, 6.07) is 17.3. The molecule has 0 radical (unpaired) electrons. The second-order valence-corrected chi connectivity index (χ2v) is 11.7. The normalized spacial score (nSPS) is 21.3. The van der Waals surface area contributed by atoms with Gasteiger partial charge in [0.15, 0.2) is 0 Å². The largest absolute Gasteiger partial charge is 0.218 e. The number of benzene rings is 2. The molecule has 1 saturated heterocycles. The molecular weight excluding hydrogens is 440 g/mol. The molecule has 0 aromatic heterocycles. The van der Waals surface area contributed by atoms with Gasteiger partial charge >= 0.3 is 0 Å². The van der Waals surface area contributed by atoms with Crippen LogP contribution in [0.2, 0.25) is 5.02 Å². The van der Waals surface area contributed by atoms with Crippen LogP contribution in [0.1, 0.15) is 67.6 Å². The van der Waals surface area contributed by atoms with Crippen LogP contribution in [0.4, 0.5) is 0 Å². The van der Waals surface area contributed by atoms with Gasteiger partial charge in [0.25, 0.3) is 0 Å². The van der Waals surface area contributed by atoms with Crippen molar-refractivity contribution in [1.29, 1.82) is 5.26 Å². The number of halogens is 1. The fraction of sp³-hybridized carbons (Fsp3) is 0.500. The third kappa shape index (κ3) is 5.54. The lowest BCUT2D eigenvalue weighted by Gasteiger charge is -2.31. The van der Waals surface area contributed by atoms with Gasteiger partial charge in [0.2, 0.25) is 10.0 Å². The molecule has 0 spiro atoms. The standard InChI is InChI=1S/C26H31ClN2O2S/c27-26-16-22(11-12-23(26)17-28)25(15-20-7-3-1-4-8-20)24-13-14-29(18-24)32(30,31)19-21-9-5-2-6-10-21/h2,5-6,9-12,16,20,24-25H,1,3-4,7-8,13-15,18-19H2/t24-,25?/m0/s1. The predicted molar refractivity (Wildman–Crippen MR) is 129 cm³/mol. The summed E-state index contributed by atoms with van der Waals surface area (Å²) in [5, 5.41) is 9.75. The van der Waals surface area contributed by atoms with Crippen LogP contribution >= 0.6 is 11.6 Å². The maximum absolute atomic E-state index is 13.1. The zero-order chi connectivity index (χ0) is 22.6. The second kappa shape index (κ2) is 10.4. The SMILES string of the molecule is N#Cc1ccc(C(CC2CCCCC2)[C@H]2CCN(S(=O)(=O)Cc3ccccc3)C2)cc1Cl. The smallest absolute Gasteiger partial charge is 0.212 e. The van der Waals surface area contributed by atoms with Crippen LogP contribution in [0, 0.1) is 23.2 Å². The Balaban J connectivity index is 1.53. The molecule has 4 rings (SSSR count). The average molecular weight is 471 g/mol. The molecule has 32 heavy (non-hydrogen) atoms. The van der Waals surface area contributed by atoms with Gasteiger partial charge in [-0.2, -0.15) is 5.26 Å². The molecule has 6 heteroatoms. The highest BCUT2D eigenvalue weighted by Crippen LogP contribution is 2.42. The summed E-state index contributed by atoms with van der Waals surface area (Å²) < 4.78 is 27.9. The molecule has 1 aliphatic carbocycles. The van der Waals surface area contributed by atoms with Gasteiger partial charge in [-0.15, -0.1) is 0 Å². The minimum absolute atomic E-state index is 0.0521. The van der Waals surface area contributed by atoms with Crippen molar-refractivity contribution in [1.82, 2.24) is 4.31 Å². The molecule has 170 valence electrons. The van der Waals surface area contributed by atoms with Gasteiger partial charge in [0, 0.05) is 13.1 Å². The van der Waals surface area contributed by atoms with Crippen molar-refractivity contribution in [3.05, 3.63) is 70.2 Å². The van der Waals surface area contributed by atoms with Crippen molar-refractivity contribution in [2.24, 2.45) is 11.8 Å². The molecule has 0 bridgehead atoms. The van der Waals surface area contributed by atoms with Crippen molar-refractivity contribution >= 4 is 21.6 Å². The van der Waals surface area contributed by atoms with E-state index in [4.69, 9.17) is 11.6 Å². The van der Waals surface area contributed by atoms with Gasteiger partial charge in [-0.25, -0.2) is 12.7 Å². The number of hydrogen-bond acceptors (Lipinski definition) is 3. The Morgan fingerprint density at radius 2 is 1.81 bits per heavy atom. The summed E-state index contributed by atoms with van der Waals surface area (Å²) in [5.74, 6) is 1.26. The Bertz CT molecular complexity index is 1060. The highest BCUT2D eigenvalue weighted by Gasteiger charge is 2.37. The van der Waals surface area contributed by atoms with E-state index in [9.17, 15) is 13.7 Å². The minimum Gasteiger partial charge on any atom is -0.212 e. The first-order valence-corrected chi connectivity index (χ1v) is 13.7. The summed E-state index contributed by atoms with van der Waals surface area (Å²) in [6.07, 6.45) is 8.33. The van der Waals surface area contributed by atoms with Crippen LogP contribution in [0.25, 0.3) is 0 Å². The van der Waals surface area contributed by atoms with Crippen molar-refractivity contribution in [2.75, 3.05) is 13.1 Å². The molecule has 1 unspecified atom stereocenters. The lowest BCUT2D eigenvalue weighted by molar-refractivity contribution is 0.282. The maximum atomic E-state index is 13.1. The Labute approximate surface area is 197 Å². The molecular formula is C26H31ClN2O2S. The lowest BCUT2D eigenvalue weighted by atomic mass is 9.75. The molecule has 2 fully saturated rings. The van der Waals surface area contributed by atoms with E-state index in [0.717, 1.165) is 24.0 Å². The van der Waals surface area contributed by atoms with E-state index >= 15 is 0 Å². The molecule has 2 aromatic carbocycles. The van der Waals surface area contributed by atoms with Crippen molar-refractivity contribution in [3.63, 3.8) is 0 Å². The first kappa shape index (κ1) is 23.3. The molecule has 2 aliphatic rings. The molecule has 1 aliphatic heterocycles. The summed E-state index contributed by atoms with van der Waals surface area (Å²) in [7, 11) is -3.35. The Kier molecular flexibility index (Phi) is 7.55. The van der Waals surface area contributed by atoms with Crippen molar-refractivity contribution < 1.29 is 8.42 Å². The number of hydrogen-bond donors (Lipinski definition) is 0. The highest BCUT2D eigenvalue weighted by atomic mass is 35.5. The van der Waals surface area contributed by atoms with E-state index in [1.165, 1.54) is 32.1 Å². The molecule has 1 heterocycles. The number of nitrogens with zero attached hydrogens (tertiary/aromatic N) is 2.